The van der Waals surface area contributed by atoms with Crippen LogP contribution in [0.2, 0.25) is 4.82 Å². The average Bonchev–Trinajstić information content (AvgIpc) is 2.47. The quantitative estimate of drug-likeness (QED) is 0.410. The van der Waals surface area contributed by atoms with Crippen LogP contribution in [0.4, 0.5) is 0 Å². The van der Waals surface area contributed by atoms with Crippen molar-refractivity contribution in [3.05, 3.63) is 30.3 Å². The zero-order valence-electron chi connectivity index (χ0n) is 11.5. The van der Waals surface area contributed by atoms with Crippen LogP contribution in [0.15, 0.2) is 30.3 Å². The molecular formula is C14H20O4Se. The van der Waals surface area contributed by atoms with Gasteiger partial charge in [0.05, 0.1) is 0 Å². The number of benzene rings is 1. The van der Waals surface area contributed by atoms with Crippen molar-refractivity contribution in [3.63, 3.8) is 0 Å². The molecule has 106 valence electrons. The van der Waals surface area contributed by atoms with Gasteiger partial charge in [-0.25, -0.2) is 0 Å². The number of rotatable bonds is 8. The van der Waals surface area contributed by atoms with Gasteiger partial charge in [-0.3, -0.25) is 0 Å². The maximum absolute atomic E-state index is 11.8. The predicted octanol–water partition coefficient (Wildman–Crippen LogP) is 1.38. The van der Waals surface area contributed by atoms with E-state index in [1.165, 1.54) is 11.6 Å². The Labute approximate surface area is 120 Å². The van der Waals surface area contributed by atoms with Gasteiger partial charge >= 0.3 is 120 Å². The Hall–Kier alpha value is -0.871. The first-order valence-corrected chi connectivity index (χ1v) is 7.91. The number of ether oxygens (including phenoxy) is 3. The van der Waals surface area contributed by atoms with E-state index >= 15 is 0 Å². The van der Waals surface area contributed by atoms with Crippen molar-refractivity contribution in [1.29, 1.82) is 0 Å². The second-order valence-corrected chi connectivity index (χ2v) is 6.60. The molecule has 0 bridgehead atoms. The van der Waals surface area contributed by atoms with E-state index in [1.54, 1.807) is 14.2 Å². The Bertz CT molecular complexity index is 365. The van der Waals surface area contributed by atoms with Crippen molar-refractivity contribution in [1.82, 2.24) is 0 Å². The van der Waals surface area contributed by atoms with Crippen molar-refractivity contribution in [2.75, 3.05) is 21.3 Å². The summed E-state index contributed by atoms with van der Waals surface area (Å²) in [6.07, 6.45) is 1.12. The first-order valence-electron chi connectivity index (χ1n) is 6.06. The second kappa shape index (κ2) is 9.10. The van der Waals surface area contributed by atoms with Crippen LogP contribution < -0.4 is 4.46 Å². The van der Waals surface area contributed by atoms with Gasteiger partial charge in [0.15, 0.2) is 0 Å². The summed E-state index contributed by atoms with van der Waals surface area (Å²) in [5.74, 6) is -0.158. The summed E-state index contributed by atoms with van der Waals surface area (Å²) < 4.78 is 16.4. The Kier molecular flexibility index (Phi) is 7.75. The molecule has 0 radical (unpaired) electrons. The number of methoxy groups -OCH3 is 3. The fourth-order valence-corrected chi connectivity index (χ4v) is 3.92. The van der Waals surface area contributed by atoms with Crippen molar-refractivity contribution >= 4 is 25.4 Å². The summed E-state index contributed by atoms with van der Waals surface area (Å²) in [7, 11) is 4.63. The molecule has 0 heterocycles. The van der Waals surface area contributed by atoms with E-state index in [9.17, 15) is 4.79 Å². The van der Waals surface area contributed by atoms with Gasteiger partial charge in [0.1, 0.15) is 0 Å². The van der Waals surface area contributed by atoms with Gasteiger partial charge in [0.25, 0.3) is 0 Å². The van der Waals surface area contributed by atoms with E-state index in [0.29, 0.717) is 12.8 Å². The number of carbonyl (C=O) groups excluding carboxylic acids is 1. The summed E-state index contributed by atoms with van der Waals surface area (Å²) in [5.41, 5.74) is 0. The first kappa shape index (κ1) is 16.2. The molecule has 1 rings (SSSR count). The molecule has 0 aromatic heterocycles. The third kappa shape index (κ3) is 5.74. The summed E-state index contributed by atoms with van der Waals surface area (Å²) >= 11 is 0.0559. The molecular weight excluding hydrogens is 311 g/mol. The van der Waals surface area contributed by atoms with Gasteiger partial charge in [-0.2, -0.15) is 0 Å². The zero-order valence-corrected chi connectivity index (χ0v) is 13.2. The Morgan fingerprint density at radius 1 is 1.11 bits per heavy atom. The van der Waals surface area contributed by atoms with E-state index in [1.807, 2.05) is 30.3 Å². The van der Waals surface area contributed by atoms with Gasteiger partial charge in [0, 0.05) is 0 Å². The van der Waals surface area contributed by atoms with Crippen molar-refractivity contribution < 1.29 is 19.0 Å². The topological polar surface area (TPSA) is 44.8 Å². The van der Waals surface area contributed by atoms with E-state index in [0.717, 1.165) is 0 Å². The molecule has 1 atom stereocenters. The molecule has 0 aliphatic carbocycles. The van der Waals surface area contributed by atoms with Crippen molar-refractivity contribution in [2.24, 2.45) is 0 Å². The maximum atomic E-state index is 11.8. The van der Waals surface area contributed by atoms with E-state index in [-0.39, 0.29) is 32.0 Å². The molecule has 0 saturated carbocycles. The van der Waals surface area contributed by atoms with E-state index < -0.39 is 0 Å². The SMILES string of the molecule is COC(=O)C(CCC(OC)OC)[Se]c1ccccc1. The molecule has 1 aromatic carbocycles. The molecule has 5 heteroatoms. The molecule has 0 spiro atoms. The monoisotopic (exact) mass is 332 g/mol. The standard InChI is InChI=1S/C14H20O4Se/c1-16-13(17-2)10-9-12(14(15)18-3)19-11-7-5-4-6-8-11/h4-8,12-13H,9-10H2,1-3H3. The van der Waals surface area contributed by atoms with Crippen LogP contribution in [0.25, 0.3) is 0 Å². The van der Waals surface area contributed by atoms with Gasteiger partial charge in [-0.05, 0) is 0 Å². The molecule has 0 saturated heterocycles. The van der Waals surface area contributed by atoms with Gasteiger partial charge in [-0.15, -0.1) is 0 Å². The van der Waals surface area contributed by atoms with E-state index in [4.69, 9.17) is 14.2 Å². The minimum atomic E-state index is -0.265. The number of hydrogen-bond donors (Lipinski definition) is 0. The minimum absolute atomic E-state index is 0.0559. The normalized spacial score (nSPS) is 12.4. The van der Waals surface area contributed by atoms with Gasteiger partial charge in [0.2, 0.25) is 0 Å². The summed E-state index contributed by atoms with van der Waals surface area (Å²) in [4.78, 5) is 11.7. The number of hydrogen-bond acceptors (Lipinski definition) is 4. The van der Waals surface area contributed by atoms with E-state index in [2.05, 4.69) is 0 Å². The van der Waals surface area contributed by atoms with Crippen LogP contribution in [0.3, 0.4) is 0 Å². The molecule has 0 aliphatic heterocycles. The molecule has 0 fully saturated rings. The molecule has 0 amide bonds. The fourth-order valence-electron chi connectivity index (χ4n) is 1.64. The second-order valence-electron chi connectivity index (χ2n) is 3.92. The summed E-state index contributed by atoms with van der Waals surface area (Å²) in [6, 6.07) is 10.0. The van der Waals surface area contributed by atoms with Gasteiger partial charge in [-0.1, -0.05) is 0 Å². The fraction of sp³-hybridized carbons (Fsp3) is 0.500. The van der Waals surface area contributed by atoms with Crippen LogP contribution in [0.5, 0.6) is 0 Å². The third-order valence-electron chi connectivity index (χ3n) is 2.68. The van der Waals surface area contributed by atoms with Crippen molar-refractivity contribution in [3.8, 4) is 0 Å². The van der Waals surface area contributed by atoms with Crippen LogP contribution in [-0.2, 0) is 19.0 Å². The Morgan fingerprint density at radius 2 is 1.74 bits per heavy atom. The predicted molar refractivity (Wildman–Crippen MR) is 74.6 cm³/mol. The molecule has 19 heavy (non-hydrogen) atoms. The summed E-state index contributed by atoms with van der Waals surface area (Å²) in [5, 5.41) is 0. The molecule has 4 nitrogen and oxygen atoms in total. The molecule has 0 aliphatic rings. The van der Waals surface area contributed by atoms with Crippen LogP contribution in [0.1, 0.15) is 12.8 Å². The molecule has 1 aromatic rings. The Balaban J connectivity index is 2.60. The average molecular weight is 331 g/mol. The number of esters is 1. The van der Waals surface area contributed by atoms with Crippen LogP contribution in [-0.4, -0.2) is 48.5 Å². The summed E-state index contributed by atoms with van der Waals surface area (Å²) in [6.45, 7) is 0. The van der Waals surface area contributed by atoms with Crippen LogP contribution >= 0.6 is 0 Å². The number of carbonyl (C=O) groups is 1. The first-order chi connectivity index (χ1) is 9.21. The van der Waals surface area contributed by atoms with Gasteiger partial charge < -0.3 is 0 Å². The molecule has 0 N–H and O–H groups in total. The molecule has 1 unspecified atom stereocenters. The zero-order chi connectivity index (χ0) is 14.1. The van der Waals surface area contributed by atoms with Crippen LogP contribution in [0, 0.1) is 0 Å². The van der Waals surface area contributed by atoms with Crippen molar-refractivity contribution in [2.45, 2.75) is 23.9 Å². The Morgan fingerprint density at radius 3 is 2.26 bits per heavy atom. The third-order valence-corrected chi connectivity index (χ3v) is 5.31.